The summed E-state index contributed by atoms with van der Waals surface area (Å²) in [5.74, 6) is -0.571. The summed E-state index contributed by atoms with van der Waals surface area (Å²) in [4.78, 5) is -0.291. The Bertz CT molecular complexity index is 560. The lowest BCUT2D eigenvalue weighted by Crippen LogP contribution is -2.40. The number of nitrogens with two attached hydrogens (primary N) is 1. The number of nitrogens with one attached hydrogen (secondary N) is 1. The summed E-state index contributed by atoms with van der Waals surface area (Å²) in [6.45, 7) is 2.16. The molecule has 0 unspecified atom stereocenters. The summed E-state index contributed by atoms with van der Waals surface area (Å²) < 4.78 is 40.7. The fraction of sp³-hybridized carbons (Fsp3) is 0.538. The molecule has 0 amide bonds. The van der Waals surface area contributed by atoms with Gasteiger partial charge in [-0.1, -0.05) is 12.5 Å². The molecule has 2 atom stereocenters. The van der Waals surface area contributed by atoms with E-state index < -0.39 is 15.8 Å². The molecule has 19 heavy (non-hydrogen) atoms. The number of benzene rings is 1. The highest BCUT2D eigenvalue weighted by atomic mass is 32.2. The first-order valence-corrected chi connectivity index (χ1v) is 7.91. The highest BCUT2D eigenvalue weighted by Crippen LogP contribution is 2.26. The van der Waals surface area contributed by atoms with Crippen molar-refractivity contribution in [2.24, 2.45) is 11.7 Å². The summed E-state index contributed by atoms with van der Waals surface area (Å²) in [7, 11) is -3.81. The fourth-order valence-electron chi connectivity index (χ4n) is 2.56. The maximum absolute atomic E-state index is 13.8. The number of hydrogen-bond donors (Lipinski definition) is 2. The zero-order valence-electron chi connectivity index (χ0n) is 10.9. The molecule has 0 heterocycles. The smallest absolute Gasteiger partial charge is 0.243 e. The molecule has 1 aromatic rings. The van der Waals surface area contributed by atoms with Gasteiger partial charge in [-0.25, -0.2) is 17.5 Å². The zero-order valence-corrected chi connectivity index (χ0v) is 11.7. The van der Waals surface area contributed by atoms with Crippen LogP contribution in [0.2, 0.25) is 0 Å². The molecule has 1 aromatic carbocycles. The van der Waals surface area contributed by atoms with Gasteiger partial charge < -0.3 is 5.73 Å². The van der Waals surface area contributed by atoms with E-state index in [0.717, 1.165) is 19.3 Å². The minimum absolute atomic E-state index is 0.142. The molecule has 0 saturated heterocycles. The highest BCUT2D eigenvalue weighted by molar-refractivity contribution is 7.89. The first kappa shape index (κ1) is 14.4. The Kier molecular flexibility index (Phi) is 4.23. The molecule has 4 nitrogen and oxygen atoms in total. The van der Waals surface area contributed by atoms with E-state index in [1.807, 2.05) is 0 Å². The molecule has 0 radical (unpaired) electrons. The van der Waals surface area contributed by atoms with E-state index in [1.54, 1.807) is 13.0 Å². The van der Waals surface area contributed by atoms with Gasteiger partial charge in [0.1, 0.15) is 10.7 Å². The Balaban J connectivity index is 2.23. The number of hydrogen-bond acceptors (Lipinski definition) is 3. The van der Waals surface area contributed by atoms with Crippen molar-refractivity contribution in [1.29, 1.82) is 0 Å². The third-order valence-electron chi connectivity index (χ3n) is 3.65. The van der Waals surface area contributed by atoms with E-state index in [-0.39, 0.29) is 16.9 Å². The molecule has 106 valence electrons. The quantitative estimate of drug-likeness (QED) is 0.882. The van der Waals surface area contributed by atoms with Crippen molar-refractivity contribution in [3.05, 3.63) is 29.6 Å². The van der Waals surface area contributed by atoms with Crippen LogP contribution in [0.3, 0.4) is 0 Å². The van der Waals surface area contributed by atoms with E-state index >= 15 is 0 Å². The van der Waals surface area contributed by atoms with E-state index in [1.165, 1.54) is 12.1 Å². The second-order valence-corrected chi connectivity index (χ2v) is 6.77. The second-order valence-electron chi connectivity index (χ2n) is 5.09. The Hall–Kier alpha value is -0.980. The Labute approximate surface area is 113 Å². The highest BCUT2D eigenvalue weighted by Gasteiger charge is 2.31. The lowest BCUT2D eigenvalue weighted by atomic mass is 10.1. The van der Waals surface area contributed by atoms with Gasteiger partial charge in [0.05, 0.1) is 0 Å². The largest absolute Gasteiger partial charge is 0.330 e. The molecular weight excluding hydrogens is 267 g/mol. The van der Waals surface area contributed by atoms with Crippen molar-refractivity contribution in [2.45, 2.75) is 37.1 Å². The topological polar surface area (TPSA) is 72.2 Å². The third kappa shape index (κ3) is 3.13. The normalized spacial score (nSPS) is 23.7. The summed E-state index contributed by atoms with van der Waals surface area (Å²) in [5, 5.41) is 0. The monoisotopic (exact) mass is 286 g/mol. The van der Waals surface area contributed by atoms with E-state index in [4.69, 9.17) is 5.73 Å². The number of rotatable bonds is 4. The van der Waals surface area contributed by atoms with Crippen molar-refractivity contribution in [2.75, 3.05) is 6.54 Å². The molecule has 0 aromatic heterocycles. The van der Waals surface area contributed by atoms with E-state index in [9.17, 15) is 12.8 Å². The number of aryl methyl sites for hydroxylation is 1. The van der Waals surface area contributed by atoms with Crippen LogP contribution in [0.1, 0.15) is 24.8 Å². The van der Waals surface area contributed by atoms with Crippen molar-refractivity contribution in [3.63, 3.8) is 0 Å². The van der Waals surface area contributed by atoms with Gasteiger partial charge in [0.15, 0.2) is 0 Å². The predicted molar refractivity (Wildman–Crippen MR) is 71.6 cm³/mol. The molecule has 2 rings (SSSR count). The summed E-state index contributed by atoms with van der Waals surface area (Å²) >= 11 is 0. The molecule has 0 bridgehead atoms. The maximum atomic E-state index is 13.8. The molecule has 6 heteroatoms. The molecule has 0 aliphatic heterocycles. The van der Waals surface area contributed by atoms with Gasteiger partial charge >= 0.3 is 0 Å². The standard InChI is InChI=1S/C13H19FN2O2S/c1-9-5-6-13(11(14)7-9)19(17,18)16-12-4-2-3-10(12)8-15/h5-7,10,12,16H,2-4,8,15H2,1H3/t10-,12-/m0/s1. The van der Waals surface area contributed by atoms with Crippen LogP contribution in [0.25, 0.3) is 0 Å². The van der Waals surface area contributed by atoms with Crippen molar-refractivity contribution in [3.8, 4) is 0 Å². The molecule has 1 aliphatic carbocycles. The van der Waals surface area contributed by atoms with Crippen LogP contribution in [0.5, 0.6) is 0 Å². The summed E-state index contributed by atoms with van der Waals surface area (Å²) in [5.41, 5.74) is 6.31. The third-order valence-corrected chi connectivity index (χ3v) is 5.17. The Morgan fingerprint density at radius 3 is 2.79 bits per heavy atom. The first-order chi connectivity index (χ1) is 8.94. The maximum Gasteiger partial charge on any atom is 0.243 e. The van der Waals surface area contributed by atoms with Gasteiger partial charge in [-0.05, 0) is 49.9 Å². The van der Waals surface area contributed by atoms with Gasteiger partial charge in [-0.2, -0.15) is 0 Å². The minimum Gasteiger partial charge on any atom is -0.330 e. The minimum atomic E-state index is -3.81. The molecule has 1 fully saturated rings. The van der Waals surface area contributed by atoms with Gasteiger partial charge in [-0.15, -0.1) is 0 Å². The van der Waals surface area contributed by atoms with Crippen LogP contribution >= 0.6 is 0 Å². The zero-order chi connectivity index (χ0) is 14.0. The number of halogens is 1. The van der Waals surface area contributed by atoms with E-state index in [0.29, 0.717) is 12.1 Å². The average molecular weight is 286 g/mol. The Morgan fingerprint density at radius 2 is 2.16 bits per heavy atom. The van der Waals surface area contributed by atoms with Gasteiger partial charge in [0, 0.05) is 6.04 Å². The van der Waals surface area contributed by atoms with Crippen LogP contribution in [0.4, 0.5) is 4.39 Å². The van der Waals surface area contributed by atoms with Crippen LogP contribution in [-0.4, -0.2) is 21.0 Å². The van der Waals surface area contributed by atoms with Gasteiger partial charge in [-0.3, -0.25) is 0 Å². The lowest BCUT2D eigenvalue weighted by molar-refractivity contribution is 0.451. The van der Waals surface area contributed by atoms with Crippen LogP contribution in [0.15, 0.2) is 23.1 Å². The van der Waals surface area contributed by atoms with Crippen LogP contribution in [-0.2, 0) is 10.0 Å². The molecule has 1 aliphatic rings. The number of sulfonamides is 1. The average Bonchev–Trinajstić information content (AvgIpc) is 2.74. The first-order valence-electron chi connectivity index (χ1n) is 6.42. The molecule has 3 N–H and O–H groups in total. The molecular formula is C13H19FN2O2S. The summed E-state index contributed by atoms with van der Waals surface area (Å²) in [6, 6.07) is 3.94. The Morgan fingerprint density at radius 1 is 1.42 bits per heavy atom. The van der Waals surface area contributed by atoms with Crippen molar-refractivity contribution >= 4 is 10.0 Å². The van der Waals surface area contributed by atoms with Gasteiger partial charge in [0.2, 0.25) is 10.0 Å². The van der Waals surface area contributed by atoms with Crippen molar-refractivity contribution < 1.29 is 12.8 Å². The van der Waals surface area contributed by atoms with E-state index in [2.05, 4.69) is 4.72 Å². The fourth-order valence-corrected chi connectivity index (χ4v) is 3.96. The lowest BCUT2D eigenvalue weighted by Gasteiger charge is -2.19. The van der Waals surface area contributed by atoms with Gasteiger partial charge in [0.25, 0.3) is 0 Å². The molecule has 0 spiro atoms. The molecule has 1 saturated carbocycles. The van der Waals surface area contributed by atoms with Crippen molar-refractivity contribution in [1.82, 2.24) is 4.72 Å². The summed E-state index contributed by atoms with van der Waals surface area (Å²) in [6.07, 6.45) is 2.63. The second kappa shape index (κ2) is 5.56. The SMILES string of the molecule is Cc1ccc(S(=O)(=O)N[C@H]2CCC[C@H]2CN)c(F)c1. The predicted octanol–water partition coefficient (Wildman–Crippen LogP) is 1.54. The van der Waals surface area contributed by atoms with Crippen LogP contribution < -0.4 is 10.5 Å². The van der Waals surface area contributed by atoms with Crippen LogP contribution in [0, 0.1) is 18.7 Å².